The molecular weight excluding hydrogens is 212 g/mol. The average Bonchev–Trinajstić information content (AvgIpc) is 3.03. The summed E-state index contributed by atoms with van der Waals surface area (Å²) in [5.74, 6) is 3.10. The molecule has 2 bridgehead atoms. The van der Waals surface area contributed by atoms with Crippen LogP contribution in [0.5, 0.6) is 0 Å². The number of ether oxygens (including phenoxy) is 1. The minimum absolute atomic E-state index is 0.388. The molecule has 0 spiro atoms. The first kappa shape index (κ1) is 11.7. The zero-order valence-electron chi connectivity index (χ0n) is 10.7. The number of Topliss-reactive ketones (excluding diaryl/α,β-unsaturated/α-hetero) is 1. The Bertz CT molecular complexity index is 281. The van der Waals surface area contributed by atoms with Crippen LogP contribution in [0.1, 0.15) is 57.8 Å². The lowest BCUT2D eigenvalue weighted by Gasteiger charge is -2.20. The molecule has 3 aliphatic rings. The number of ketones is 1. The monoisotopic (exact) mass is 236 g/mol. The van der Waals surface area contributed by atoms with Crippen LogP contribution in [0.25, 0.3) is 0 Å². The highest BCUT2D eigenvalue weighted by molar-refractivity contribution is 5.78. The highest BCUT2D eigenvalue weighted by Gasteiger charge is 2.39. The largest absolute Gasteiger partial charge is 0.378 e. The highest BCUT2D eigenvalue weighted by atomic mass is 16.5. The molecule has 1 heterocycles. The van der Waals surface area contributed by atoms with Crippen molar-refractivity contribution in [1.29, 1.82) is 0 Å². The molecule has 2 saturated carbocycles. The van der Waals surface area contributed by atoms with Crippen LogP contribution in [-0.2, 0) is 9.53 Å². The molecule has 1 aliphatic heterocycles. The molecule has 0 aromatic carbocycles. The van der Waals surface area contributed by atoms with Gasteiger partial charge in [-0.05, 0) is 56.3 Å². The molecule has 2 heteroatoms. The van der Waals surface area contributed by atoms with E-state index in [1.165, 1.54) is 38.5 Å². The van der Waals surface area contributed by atoms with Gasteiger partial charge >= 0.3 is 0 Å². The standard InChI is InChI=1S/C15H24O2/c16-14(5-6-15-2-1-7-17-15)10-13-9-11-3-4-12(13)8-11/h11-13,15H,1-10H2. The van der Waals surface area contributed by atoms with Crippen LogP contribution < -0.4 is 0 Å². The third kappa shape index (κ3) is 2.73. The summed E-state index contributed by atoms with van der Waals surface area (Å²) in [5, 5.41) is 0. The fraction of sp³-hybridized carbons (Fsp3) is 0.933. The summed E-state index contributed by atoms with van der Waals surface area (Å²) >= 11 is 0. The number of hydrogen-bond acceptors (Lipinski definition) is 2. The lowest BCUT2D eigenvalue weighted by molar-refractivity contribution is -0.120. The van der Waals surface area contributed by atoms with E-state index in [0.29, 0.717) is 11.9 Å². The molecular formula is C15H24O2. The van der Waals surface area contributed by atoms with Gasteiger partial charge in [-0.3, -0.25) is 4.79 Å². The van der Waals surface area contributed by atoms with Gasteiger partial charge in [0.05, 0.1) is 6.10 Å². The lowest BCUT2D eigenvalue weighted by Crippen LogP contribution is -2.16. The SMILES string of the molecule is O=C(CCC1CCCO1)CC1CC2CCC1C2. The van der Waals surface area contributed by atoms with E-state index in [0.717, 1.165) is 43.6 Å². The van der Waals surface area contributed by atoms with E-state index in [2.05, 4.69) is 0 Å². The van der Waals surface area contributed by atoms with E-state index in [9.17, 15) is 4.79 Å². The van der Waals surface area contributed by atoms with Gasteiger partial charge in [0.15, 0.2) is 0 Å². The van der Waals surface area contributed by atoms with Crippen LogP contribution in [-0.4, -0.2) is 18.5 Å². The van der Waals surface area contributed by atoms with Crippen LogP contribution in [0.15, 0.2) is 0 Å². The van der Waals surface area contributed by atoms with Crippen molar-refractivity contribution in [3.63, 3.8) is 0 Å². The maximum absolute atomic E-state index is 12.0. The Kier molecular flexibility index (Phi) is 3.51. The molecule has 2 nitrogen and oxygen atoms in total. The minimum Gasteiger partial charge on any atom is -0.378 e. The lowest BCUT2D eigenvalue weighted by atomic mass is 9.84. The van der Waals surface area contributed by atoms with Crippen LogP contribution in [0.2, 0.25) is 0 Å². The van der Waals surface area contributed by atoms with Crippen LogP contribution >= 0.6 is 0 Å². The van der Waals surface area contributed by atoms with E-state index in [4.69, 9.17) is 4.74 Å². The minimum atomic E-state index is 0.388. The first-order valence-corrected chi connectivity index (χ1v) is 7.44. The van der Waals surface area contributed by atoms with Gasteiger partial charge in [-0.25, -0.2) is 0 Å². The summed E-state index contributed by atoms with van der Waals surface area (Å²) in [6, 6.07) is 0. The first-order valence-electron chi connectivity index (χ1n) is 7.44. The summed E-state index contributed by atoms with van der Waals surface area (Å²) in [5.41, 5.74) is 0. The first-order chi connectivity index (χ1) is 8.31. The summed E-state index contributed by atoms with van der Waals surface area (Å²) in [6.07, 6.45) is 10.9. The van der Waals surface area contributed by atoms with Crippen molar-refractivity contribution in [2.45, 2.75) is 63.9 Å². The van der Waals surface area contributed by atoms with E-state index in [1.54, 1.807) is 0 Å². The second-order valence-corrected chi connectivity index (χ2v) is 6.35. The van der Waals surface area contributed by atoms with E-state index in [1.807, 2.05) is 0 Å². The highest BCUT2D eigenvalue weighted by Crippen LogP contribution is 2.49. The van der Waals surface area contributed by atoms with Gasteiger partial charge in [0, 0.05) is 19.4 Å². The van der Waals surface area contributed by atoms with Gasteiger partial charge in [0.2, 0.25) is 0 Å². The Morgan fingerprint density at radius 3 is 2.76 bits per heavy atom. The fourth-order valence-electron chi connectivity index (χ4n) is 4.21. The van der Waals surface area contributed by atoms with Gasteiger partial charge in [0.25, 0.3) is 0 Å². The number of carbonyl (C=O) groups excluding carboxylic acids is 1. The summed E-state index contributed by atoms with van der Waals surface area (Å²) < 4.78 is 5.57. The van der Waals surface area contributed by atoms with E-state index in [-0.39, 0.29) is 0 Å². The Labute approximate surface area is 104 Å². The summed E-state index contributed by atoms with van der Waals surface area (Å²) in [7, 11) is 0. The smallest absolute Gasteiger partial charge is 0.133 e. The second-order valence-electron chi connectivity index (χ2n) is 6.35. The number of carbonyl (C=O) groups is 1. The molecule has 0 aromatic rings. The predicted molar refractivity (Wildman–Crippen MR) is 66.8 cm³/mol. The molecule has 0 N–H and O–H groups in total. The second kappa shape index (κ2) is 5.09. The van der Waals surface area contributed by atoms with Crippen molar-refractivity contribution in [2.75, 3.05) is 6.61 Å². The van der Waals surface area contributed by atoms with Crippen LogP contribution in [0, 0.1) is 17.8 Å². The fourth-order valence-corrected chi connectivity index (χ4v) is 4.21. The molecule has 3 rings (SSSR count). The molecule has 3 fully saturated rings. The van der Waals surface area contributed by atoms with Gasteiger partial charge in [0.1, 0.15) is 5.78 Å². The van der Waals surface area contributed by atoms with Crippen LogP contribution in [0.4, 0.5) is 0 Å². The molecule has 96 valence electrons. The zero-order valence-corrected chi connectivity index (χ0v) is 10.7. The van der Waals surface area contributed by atoms with Crippen molar-refractivity contribution in [1.82, 2.24) is 0 Å². The number of hydrogen-bond donors (Lipinski definition) is 0. The van der Waals surface area contributed by atoms with E-state index >= 15 is 0 Å². The average molecular weight is 236 g/mol. The van der Waals surface area contributed by atoms with Crippen molar-refractivity contribution < 1.29 is 9.53 Å². The summed E-state index contributed by atoms with van der Waals surface area (Å²) in [4.78, 5) is 12.0. The Morgan fingerprint density at radius 2 is 2.12 bits per heavy atom. The predicted octanol–water partition coefficient (Wildman–Crippen LogP) is 3.34. The van der Waals surface area contributed by atoms with Gasteiger partial charge in [-0.15, -0.1) is 0 Å². The van der Waals surface area contributed by atoms with Crippen molar-refractivity contribution in [3.05, 3.63) is 0 Å². The molecule has 1 saturated heterocycles. The third-order valence-electron chi connectivity index (χ3n) is 5.14. The topological polar surface area (TPSA) is 26.3 Å². The molecule has 17 heavy (non-hydrogen) atoms. The Morgan fingerprint density at radius 1 is 1.18 bits per heavy atom. The van der Waals surface area contributed by atoms with Gasteiger partial charge < -0.3 is 4.74 Å². The van der Waals surface area contributed by atoms with Crippen molar-refractivity contribution in [3.8, 4) is 0 Å². The zero-order chi connectivity index (χ0) is 11.7. The number of fused-ring (bicyclic) bond motifs is 2. The van der Waals surface area contributed by atoms with Crippen molar-refractivity contribution >= 4 is 5.78 Å². The molecule has 2 aliphatic carbocycles. The van der Waals surface area contributed by atoms with Crippen molar-refractivity contribution in [2.24, 2.45) is 17.8 Å². The number of rotatable bonds is 5. The quantitative estimate of drug-likeness (QED) is 0.732. The maximum atomic E-state index is 12.0. The molecule has 0 aromatic heterocycles. The van der Waals surface area contributed by atoms with Gasteiger partial charge in [-0.2, -0.15) is 0 Å². The normalized spacial score (nSPS) is 40.0. The van der Waals surface area contributed by atoms with Crippen LogP contribution in [0.3, 0.4) is 0 Å². The molecule has 4 unspecified atom stereocenters. The van der Waals surface area contributed by atoms with Gasteiger partial charge in [-0.1, -0.05) is 6.42 Å². The molecule has 0 amide bonds. The maximum Gasteiger partial charge on any atom is 0.133 e. The summed E-state index contributed by atoms with van der Waals surface area (Å²) in [6.45, 7) is 0.908. The van der Waals surface area contributed by atoms with E-state index < -0.39 is 0 Å². The molecule has 4 atom stereocenters. The Hall–Kier alpha value is -0.370. The molecule has 0 radical (unpaired) electrons. The third-order valence-corrected chi connectivity index (χ3v) is 5.14. The Balaban J connectivity index is 1.38.